The summed E-state index contributed by atoms with van der Waals surface area (Å²) in [4.78, 5) is 4.14. The van der Waals surface area contributed by atoms with Crippen LogP contribution in [0, 0.1) is 12.7 Å². The van der Waals surface area contributed by atoms with E-state index in [2.05, 4.69) is 19.9 Å². The molecule has 0 saturated heterocycles. The van der Waals surface area contributed by atoms with Crippen molar-refractivity contribution in [2.75, 3.05) is 4.72 Å². The molecule has 146 valence electrons. The zero-order valence-electron chi connectivity index (χ0n) is 15.4. The highest BCUT2D eigenvalue weighted by atomic mass is 32.2. The van der Waals surface area contributed by atoms with Crippen LogP contribution in [0.3, 0.4) is 0 Å². The summed E-state index contributed by atoms with van der Waals surface area (Å²) >= 11 is 0. The number of nitrogens with one attached hydrogen (secondary N) is 2. The second-order valence-corrected chi connectivity index (χ2v) is 8.17. The summed E-state index contributed by atoms with van der Waals surface area (Å²) in [6.07, 6.45) is 3.21. The Bertz CT molecular complexity index is 1240. The smallest absolute Gasteiger partial charge is 0.263 e. The lowest BCUT2D eigenvalue weighted by molar-refractivity contribution is 0.601. The van der Waals surface area contributed by atoms with Crippen molar-refractivity contribution in [1.82, 2.24) is 15.2 Å². The Kier molecular flexibility index (Phi) is 4.85. The Hall–Kier alpha value is -3.52. The van der Waals surface area contributed by atoms with E-state index in [1.165, 1.54) is 24.3 Å². The van der Waals surface area contributed by atoms with Crippen LogP contribution in [0.25, 0.3) is 22.4 Å². The van der Waals surface area contributed by atoms with E-state index in [1.807, 2.05) is 6.92 Å². The molecule has 0 spiro atoms. The molecule has 0 amide bonds. The number of hydrogen-bond donors (Lipinski definition) is 2. The number of halogens is 1. The van der Waals surface area contributed by atoms with Gasteiger partial charge in [0.05, 0.1) is 16.2 Å². The number of pyridine rings is 1. The van der Waals surface area contributed by atoms with Crippen molar-refractivity contribution in [2.24, 2.45) is 0 Å². The zero-order valence-corrected chi connectivity index (χ0v) is 16.2. The van der Waals surface area contributed by atoms with Crippen molar-refractivity contribution in [2.45, 2.75) is 11.8 Å². The van der Waals surface area contributed by atoms with Crippen molar-refractivity contribution in [3.8, 4) is 22.4 Å². The number of rotatable bonds is 5. The molecule has 0 saturated carbocycles. The van der Waals surface area contributed by atoms with Crippen molar-refractivity contribution in [3.05, 3.63) is 84.4 Å². The normalized spacial score (nSPS) is 11.4. The van der Waals surface area contributed by atoms with Crippen LogP contribution in [0.2, 0.25) is 0 Å². The predicted octanol–water partition coefficient (Wildman–Crippen LogP) is 4.39. The molecule has 2 aromatic heterocycles. The number of benzene rings is 2. The molecular formula is C21H17FN4O2S. The first-order valence-corrected chi connectivity index (χ1v) is 10.3. The maximum absolute atomic E-state index is 13.3. The molecule has 2 heterocycles. The van der Waals surface area contributed by atoms with E-state index in [-0.39, 0.29) is 16.5 Å². The number of aryl methyl sites for hydroxylation is 1. The first-order chi connectivity index (χ1) is 13.9. The van der Waals surface area contributed by atoms with Crippen LogP contribution < -0.4 is 4.72 Å². The Morgan fingerprint density at radius 2 is 1.55 bits per heavy atom. The topological polar surface area (TPSA) is 87.7 Å². The average molecular weight is 408 g/mol. The lowest BCUT2D eigenvalue weighted by Gasteiger charge is -2.10. The highest BCUT2D eigenvalue weighted by molar-refractivity contribution is 7.92. The van der Waals surface area contributed by atoms with E-state index in [1.54, 1.807) is 48.8 Å². The fourth-order valence-electron chi connectivity index (χ4n) is 2.94. The minimum atomic E-state index is -3.84. The van der Waals surface area contributed by atoms with Gasteiger partial charge in [-0.15, -0.1) is 0 Å². The number of anilines is 1. The van der Waals surface area contributed by atoms with Crippen molar-refractivity contribution >= 4 is 15.8 Å². The van der Waals surface area contributed by atoms with Crippen LogP contribution >= 0.6 is 0 Å². The van der Waals surface area contributed by atoms with E-state index in [0.29, 0.717) is 16.8 Å². The van der Waals surface area contributed by atoms with Gasteiger partial charge in [-0.05, 0) is 61.0 Å². The van der Waals surface area contributed by atoms with Gasteiger partial charge in [0.25, 0.3) is 10.0 Å². The largest absolute Gasteiger partial charge is 0.275 e. The maximum Gasteiger partial charge on any atom is 0.263 e. The number of H-pyrrole nitrogens is 1. The lowest BCUT2D eigenvalue weighted by Crippen LogP contribution is -2.13. The quantitative estimate of drug-likeness (QED) is 0.513. The molecule has 0 fully saturated rings. The Labute approximate surface area is 167 Å². The molecular weight excluding hydrogens is 391 g/mol. The molecule has 6 nitrogen and oxygen atoms in total. The lowest BCUT2D eigenvalue weighted by atomic mass is 10.0. The SMILES string of the molecule is Cc1ccc(S(=O)(=O)Nc2n[nH]c(-c3ccc(F)cc3)c2-c2ccncc2)cc1. The van der Waals surface area contributed by atoms with Gasteiger partial charge in [0.2, 0.25) is 0 Å². The molecule has 29 heavy (non-hydrogen) atoms. The summed E-state index contributed by atoms with van der Waals surface area (Å²) in [7, 11) is -3.84. The monoisotopic (exact) mass is 408 g/mol. The molecule has 0 unspecified atom stereocenters. The van der Waals surface area contributed by atoms with Gasteiger partial charge >= 0.3 is 0 Å². The molecule has 4 aromatic rings. The van der Waals surface area contributed by atoms with Gasteiger partial charge in [-0.2, -0.15) is 5.10 Å². The van der Waals surface area contributed by atoms with Crippen LogP contribution in [-0.4, -0.2) is 23.6 Å². The summed E-state index contributed by atoms with van der Waals surface area (Å²) in [6.45, 7) is 1.88. The fraction of sp³-hybridized carbons (Fsp3) is 0.0476. The van der Waals surface area contributed by atoms with Crippen LogP contribution in [0.5, 0.6) is 0 Å². The predicted molar refractivity (Wildman–Crippen MR) is 109 cm³/mol. The Morgan fingerprint density at radius 3 is 2.21 bits per heavy atom. The van der Waals surface area contributed by atoms with Crippen molar-refractivity contribution in [3.63, 3.8) is 0 Å². The van der Waals surface area contributed by atoms with E-state index < -0.39 is 10.0 Å². The number of nitrogens with zero attached hydrogens (tertiary/aromatic N) is 2. The van der Waals surface area contributed by atoms with Gasteiger partial charge in [0, 0.05) is 18.0 Å². The number of aromatic nitrogens is 3. The van der Waals surface area contributed by atoms with Crippen molar-refractivity contribution < 1.29 is 12.8 Å². The first-order valence-electron chi connectivity index (χ1n) is 8.78. The minimum Gasteiger partial charge on any atom is -0.275 e. The fourth-order valence-corrected chi connectivity index (χ4v) is 3.96. The van der Waals surface area contributed by atoms with Gasteiger partial charge < -0.3 is 0 Å². The highest BCUT2D eigenvalue weighted by Gasteiger charge is 2.22. The second-order valence-electron chi connectivity index (χ2n) is 6.48. The number of aromatic amines is 1. The zero-order chi connectivity index (χ0) is 20.4. The molecule has 4 rings (SSSR count). The van der Waals surface area contributed by atoms with Crippen LogP contribution in [0.4, 0.5) is 10.2 Å². The Balaban J connectivity index is 1.81. The van der Waals surface area contributed by atoms with Crippen LogP contribution in [0.1, 0.15) is 5.56 Å². The van der Waals surface area contributed by atoms with E-state index in [4.69, 9.17) is 0 Å². The molecule has 0 aliphatic rings. The molecule has 0 aliphatic carbocycles. The molecule has 2 aromatic carbocycles. The maximum atomic E-state index is 13.3. The summed E-state index contributed by atoms with van der Waals surface area (Å²) in [5, 5.41) is 7.06. The van der Waals surface area contributed by atoms with E-state index >= 15 is 0 Å². The molecule has 0 aliphatic heterocycles. The molecule has 8 heteroatoms. The van der Waals surface area contributed by atoms with E-state index in [0.717, 1.165) is 11.1 Å². The van der Waals surface area contributed by atoms with Crippen LogP contribution in [-0.2, 0) is 10.0 Å². The van der Waals surface area contributed by atoms with Crippen LogP contribution in [0.15, 0.2) is 78.0 Å². The third-order valence-electron chi connectivity index (χ3n) is 4.43. The van der Waals surface area contributed by atoms with E-state index in [9.17, 15) is 12.8 Å². The summed E-state index contributed by atoms with van der Waals surface area (Å²) in [6, 6.07) is 15.9. The molecule has 0 bridgehead atoms. The molecule has 0 radical (unpaired) electrons. The standard InChI is InChI=1S/C21H17FN4O2S/c1-14-2-8-18(9-3-14)29(27,28)26-21-19(15-10-12-23-13-11-15)20(24-25-21)16-4-6-17(22)7-5-16/h2-13H,1H3,(H2,24,25,26). The average Bonchev–Trinajstić information content (AvgIpc) is 3.12. The van der Waals surface area contributed by atoms with Gasteiger partial charge in [0.1, 0.15) is 5.82 Å². The highest BCUT2D eigenvalue weighted by Crippen LogP contribution is 2.36. The second kappa shape index (κ2) is 7.48. The summed E-state index contributed by atoms with van der Waals surface area (Å²) < 4.78 is 41.6. The third kappa shape index (κ3) is 3.88. The van der Waals surface area contributed by atoms with Gasteiger partial charge in [-0.25, -0.2) is 12.8 Å². The molecule has 0 atom stereocenters. The number of sulfonamides is 1. The summed E-state index contributed by atoms with van der Waals surface area (Å²) in [5.74, 6) is -0.213. The Morgan fingerprint density at radius 1 is 0.897 bits per heavy atom. The summed E-state index contributed by atoms with van der Waals surface area (Å²) in [5.41, 5.74) is 3.47. The molecule has 2 N–H and O–H groups in total. The number of hydrogen-bond acceptors (Lipinski definition) is 4. The van der Waals surface area contributed by atoms with Gasteiger partial charge in [-0.3, -0.25) is 14.8 Å². The first kappa shape index (κ1) is 18.8. The van der Waals surface area contributed by atoms with Gasteiger partial charge in [0.15, 0.2) is 5.82 Å². The minimum absolute atomic E-state index is 0.134. The van der Waals surface area contributed by atoms with Crippen molar-refractivity contribution in [1.29, 1.82) is 0 Å². The van der Waals surface area contributed by atoms with Gasteiger partial charge in [-0.1, -0.05) is 17.7 Å². The third-order valence-corrected chi connectivity index (χ3v) is 5.79.